The van der Waals surface area contributed by atoms with Crippen LogP contribution >= 0.6 is 15.9 Å². The van der Waals surface area contributed by atoms with Gasteiger partial charge in [-0.2, -0.15) is 0 Å². The van der Waals surface area contributed by atoms with Crippen LogP contribution in [0.25, 0.3) is 0 Å². The molecule has 0 aliphatic heterocycles. The van der Waals surface area contributed by atoms with Crippen LogP contribution in [0.4, 0.5) is 0 Å². The number of rotatable bonds is 4. The zero-order valence-electron chi connectivity index (χ0n) is 8.92. The quantitative estimate of drug-likeness (QED) is 0.820. The summed E-state index contributed by atoms with van der Waals surface area (Å²) in [5.74, 6) is -0.240. The Kier molecular flexibility index (Phi) is 4.98. The second kappa shape index (κ2) is 6.27. The maximum absolute atomic E-state index is 11.6. The van der Waals surface area contributed by atoms with E-state index in [1.54, 1.807) is 12.1 Å². The number of hydrogen-bond acceptors (Lipinski definition) is 2. The zero-order valence-corrected chi connectivity index (χ0v) is 10.5. The highest BCUT2D eigenvalue weighted by molar-refractivity contribution is 9.10. The predicted molar refractivity (Wildman–Crippen MR) is 65.2 cm³/mol. The molecule has 0 radical (unpaired) electrons. The van der Waals surface area contributed by atoms with Gasteiger partial charge in [0.15, 0.2) is 0 Å². The van der Waals surface area contributed by atoms with E-state index < -0.39 is 0 Å². The highest BCUT2D eigenvalue weighted by Crippen LogP contribution is 2.10. The van der Waals surface area contributed by atoms with E-state index in [0.717, 1.165) is 4.47 Å². The van der Waals surface area contributed by atoms with Gasteiger partial charge in [0, 0.05) is 30.0 Å². The SMILES string of the molecule is CC(=O)NCCNC(=O)c1ccc(Br)cc1. The first kappa shape index (κ1) is 12.7. The summed E-state index contributed by atoms with van der Waals surface area (Å²) in [5, 5.41) is 5.31. The van der Waals surface area contributed by atoms with Crippen molar-refractivity contribution >= 4 is 27.7 Å². The number of hydrogen-bond donors (Lipinski definition) is 2. The minimum atomic E-state index is -0.141. The lowest BCUT2D eigenvalue weighted by Gasteiger charge is -2.05. The first-order chi connectivity index (χ1) is 7.59. The van der Waals surface area contributed by atoms with Crippen molar-refractivity contribution in [3.05, 3.63) is 34.3 Å². The third-order valence-corrected chi connectivity index (χ3v) is 2.42. The number of carbonyl (C=O) groups is 2. The van der Waals surface area contributed by atoms with Crippen molar-refractivity contribution < 1.29 is 9.59 Å². The van der Waals surface area contributed by atoms with E-state index in [0.29, 0.717) is 18.7 Å². The van der Waals surface area contributed by atoms with Crippen LogP contribution in [-0.4, -0.2) is 24.9 Å². The van der Waals surface area contributed by atoms with E-state index in [-0.39, 0.29) is 11.8 Å². The summed E-state index contributed by atoms with van der Waals surface area (Å²) < 4.78 is 0.933. The Morgan fingerprint density at radius 2 is 1.69 bits per heavy atom. The van der Waals surface area contributed by atoms with Gasteiger partial charge in [-0.25, -0.2) is 0 Å². The molecule has 1 aromatic rings. The number of benzene rings is 1. The molecule has 16 heavy (non-hydrogen) atoms. The average Bonchev–Trinajstić information content (AvgIpc) is 2.25. The molecule has 0 aliphatic rings. The van der Waals surface area contributed by atoms with E-state index >= 15 is 0 Å². The smallest absolute Gasteiger partial charge is 0.251 e. The van der Waals surface area contributed by atoms with Crippen molar-refractivity contribution in [2.45, 2.75) is 6.92 Å². The second-order valence-electron chi connectivity index (χ2n) is 3.25. The molecule has 0 saturated heterocycles. The average molecular weight is 285 g/mol. The Morgan fingerprint density at radius 1 is 1.12 bits per heavy atom. The topological polar surface area (TPSA) is 58.2 Å². The van der Waals surface area contributed by atoms with Crippen molar-refractivity contribution in [1.82, 2.24) is 10.6 Å². The maximum atomic E-state index is 11.6. The van der Waals surface area contributed by atoms with Gasteiger partial charge >= 0.3 is 0 Å². The van der Waals surface area contributed by atoms with Gasteiger partial charge in [-0.15, -0.1) is 0 Å². The Balaban J connectivity index is 2.35. The van der Waals surface area contributed by atoms with Crippen LogP contribution in [0, 0.1) is 0 Å². The molecule has 0 spiro atoms. The Morgan fingerprint density at radius 3 is 2.25 bits per heavy atom. The fourth-order valence-electron chi connectivity index (χ4n) is 1.12. The minimum absolute atomic E-state index is 0.0992. The van der Waals surface area contributed by atoms with Crippen molar-refractivity contribution in [3.63, 3.8) is 0 Å². The summed E-state index contributed by atoms with van der Waals surface area (Å²) >= 11 is 3.30. The molecule has 0 saturated carbocycles. The lowest BCUT2D eigenvalue weighted by molar-refractivity contribution is -0.118. The summed E-state index contributed by atoms with van der Waals surface area (Å²) in [7, 11) is 0. The lowest BCUT2D eigenvalue weighted by atomic mass is 10.2. The zero-order chi connectivity index (χ0) is 12.0. The van der Waals surface area contributed by atoms with Crippen LogP contribution in [0.2, 0.25) is 0 Å². The van der Waals surface area contributed by atoms with Gasteiger partial charge in [0.2, 0.25) is 5.91 Å². The van der Waals surface area contributed by atoms with Crippen LogP contribution in [0.5, 0.6) is 0 Å². The largest absolute Gasteiger partial charge is 0.355 e. The van der Waals surface area contributed by atoms with E-state index in [2.05, 4.69) is 26.6 Å². The number of halogens is 1. The van der Waals surface area contributed by atoms with Crippen LogP contribution in [0.1, 0.15) is 17.3 Å². The van der Waals surface area contributed by atoms with Gasteiger partial charge < -0.3 is 10.6 Å². The van der Waals surface area contributed by atoms with Gasteiger partial charge in [0.1, 0.15) is 0 Å². The first-order valence-corrected chi connectivity index (χ1v) is 5.67. The van der Waals surface area contributed by atoms with Crippen LogP contribution in [0.15, 0.2) is 28.7 Å². The Hall–Kier alpha value is -1.36. The molecule has 1 rings (SSSR count). The van der Waals surface area contributed by atoms with Crippen molar-refractivity contribution in [3.8, 4) is 0 Å². The lowest BCUT2D eigenvalue weighted by Crippen LogP contribution is -2.33. The summed E-state index contributed by atoms with van der Waals surface area (Å²) in [6.45, 7) is 2.31. The first-order valence-electron chi connectivity index (χ1n) is 4.88. The molecule has 0 fully saturated rings. The highest BCUT2D eigenvalue weighted by atomic mass is 79.9. The third-order valence-electron chi connectivity index (χ3n) is 1.89. The van der Waals surface area contributed by atoms with Gasteiger partial charge in [0.25, 0.3) is 5.91 Å². The fraction of sp³-hybridized carbons (Fsp3) is 0.273. The maximum Gasteiger partial charge on any atom is 0.251 e. The molecule has 0 unspecified atom stereocenters. The molecule has 86 valence electrons. The third kappa shape index (κ3) is 4.44. The predicted octanol–water partition coefficient (Wildman–Crippen LogP) is 1.31. The molecule has 0 aromatic heterocycles. The molecule has 5 heteroatoms. The fourth-order valence-corrected chi connectivity index (χ4v) is 1.38. The van der Waals surface area contributed by atoms with E-state index in [1.807, 2.05) is 12.1 Å². The Bertz CT molecular complexity index is 376. The molecule has 0 bridgehead atoms. The molecular weight excluding hydrogens is 272 g/mol. The molecule has 2 amide bonds. The summed E-state index contributed by atoms with van der Waals surface area (Å²) in [6.07, 6.45) is 0. The standard InChI is InChI=1S/C11H13BrN2O2/c1-8(15)13-6-7-14-11(16)9-2-4-10(12)5-3-9/h2-5H,6-7H2,1H3,(H,13,15)(H,14,16). The van der Waals surface area contributed by atoms with Crippen molar-refractivity contribution in [2.24, 2.45) is 0 Å². The Labute approximate surface area is 103 Å². The van der Waals surface area contributed by atoms with E-state index in [4.69, 9.17) is 0 Å². The van der Waals surface area contributed by atoms with E-state index in [9.17, 15) is 9.59 Å². The number of nitrogens with one attached hydrogen (secondary N) is 2. The van der Waals surface area contributed by atoms with Crippen molar-refractivity contribution in [1.29, 1.82) is 0 Å². The monoisotopic (exact) mass is 284 g/mol. The summed E-state index contributed by atoms with van der Waals surface area (Å²) in [4.78, 5) is 22.1. The van der Waals surface area contributed by atoms with Crippen LogP contribution in [0.3, 0.4) is 0 Å². The molecular formula is C11H13BrN2O2. The van der Waals surface area contributed by atoms with Gasteiger partial charge in [-0.3, -0.25) is 9.59 Å². The van der Waals surface area contributed by atoms with Gasteiger partial charge in [-0.05, 0) is 24.3 Å². The van der Waals surface area contributed by atoms with Crippen LogP contribution in [-0.2, 0) is 4.79 Å². The second-order valence-corrected chi connectivity index (χ2v) is 4.16. The normalized spacial score (nSPS) is 9.62. The van der Waals surface area contributed by atoms with Gasteiger partial charge in [-0.1, -0.05) is 15.9 Å². The van der Waals surface area contributed by atoms with Crippen LogP contribution < -0.4 is 10.6 Å². The highest BCUT2D eigenvalue weighted by Gasteiger charge is 2.03. The molecule has 0 heterocycles. The molecule has 1 aromatic carbocycles. The number of carbonyl (C=O) groups excluding carboxylic acids is 2. The van der Waals surface area contributed by atoms with Gasteiger partial charge in [0.05, 0.1) is 0 Å². The molecule has 0 atom stereocenters. The minimum Gasteiger partial charge on any atom is -0.355 e. The van der Waals surface area contributed by atoms with E-state index in [1.165, 1.54) is 6.92 Å². The summed E-state index contributed by atoms with van der Waals surface area (Å²) in [5.41, 5.74) is 0.603. The summed E-state index contributed by atoms with van der Waals surface area (Å²) in [6, 6.07) is 7.08. The van der Waals surface area contributed by atoms with Crippen molar-refractivity contribution in [2.75, 3.05) is 13.1 Å². The molecule has 0 aliphatic carbocycles. The molecule has 2 N–H and O–H groups in total. The number of amides is 2. The molecule has 4 nitrogen and oxygen atoms in total.